The van der Waals surface area contributed by atoms with E-state index in [1.807, 2.05) is 25.3 Å². The minimum atomic E-state index is 0.0539. The molecule has 4 nitrogen and oxygen atoms in total. The minimum absolute atomic E-state index is 0.0539. The fraction of sp³-hybridized carbons (Fsp3) is 0.545. The van der Waals surface area contributed by atoms with Gasteiger partial charge in [-0.15, -0.1) is 0 Å². The molecule has 88 valence electrons. The molecule has 0 aliphatic carbocycles. The Morgan fingerprint density at radius 3 is 3.06 bits per heavy atom. The number of morpholine rings is 1. The van der Waals surface area contributed by atoms with Crippen LogP contribution in [0.2, 0.25) is 0 Å². The van der Waals surface area contributed by atoms with Crippen LogP contribution in [0.25, 0.3) is 0 Å². The van der Waals surface area contributed by atoms with Crippen LogP contribution < -0.4 is 10.6 Å². The maximum atomic E-state index is 5.85. The molecule has 2 heterocycles. The highest BCUT2D eigenvalue weighted by Crippen LogP contribution is 2.18. The first-order valence-corrected chi connectivity index (χ1v) is 6.20. The predicted octanol–water partition coefficient (Wildman–Crippen LogP) is 1.40. The molecular formula is C11H16BrN3O. The van der Waals surface area contributed by atoms with E-state index in [0.717, 1.165) is 23.4 Å². The molecule has 0 amide bonds. The summed E-state index contributed by atoms with van der Waals surface area (Å²) in [6.07, 6.45) is 1.91. The highest BCUT2D eigenvalue weighted by Gasteiger charge is 2.23. The first kappa shape index (κ1) is 11.8. The number of halogens is 1. The van der Waals surface area contributed by atoms with Crippen LogP contribution in [0.5, 0.6) is 0 Å². The SMILES string of the molecule is CC(N)C1CN(c2ccc(Br)cn2)CCO1. The van der Waals surface area contributed by atoms with E-state index in [1.54, 1.807) is 0 Å². The second-order valence-electron chi connectivity index (χ2n) is 4.05. The number of hydrogen-bond acceptors (Lipinski definition) is 4. The number of hydrogen-bond donors (Lipinski definition) is 1. The summed E-state index contributed by atoms with van der Waals surface area (Å²) < 4.78 is 6.60. The molecule has 1 aliphatic rings. The number of pyridine rings is 1. The average Bonchev–Trinajstić information content (AvgIpc) is 2.30. The summed E-state index contributed by atoms with van der Waals surface area (Å²) in [7, 11) is 0. The highest BCUT2D eigenvalue weighted by atomic mass is 79.9. The van der Waals surface area contributed by atoms with Crippen molar-refractivity contribution in [2.45, 2.75) is 19.1 Å². The van der Waals surface area contributed by atoms with E-state index in [4.69, 9.17) is 10.5 Å². The number of nitrogens with two attached hydrogens (primary N) is 1. The van der Waals surface area contributed by atoms with Gasteiger partial charge in [-0.1, -0.05) is 0 Å². The average molecular weight is 286 g/mol. The minimum Gasteiger partial charge on any atom is -0.373 e. The first-order valence-electron chi connectivity index (χ1n) is 5.40. The van der Waals surface area contributed by atoms with Crippen molar-refractivity contribution < 1.29 is 4.74 Å². The Labute approximate surface area is 104 Å². The van der Waals surface area contributed by atoms with Crippen molar-refractivity contribution >= 4 is 21.7 Å². The van der Waals surface area contributed by atoms with Gasteiger partial charge in [0.2, 0.25) is 0 Å². The molecule has 2 N–H and O–H groups in total. The Balaban J connectivity index is 2.06. The van der Waals surface area contributed by atoms with Gasteiger partial charge in [0.05, 0.1) is 12.7 Å². The van der Waals surface area contributed by atoms with Crippen LogP contribution in [-0.4, -0.2) is 36.8 Å². The Morgan fingerprint density at radius 1 is 1.62 bits per heavy atom. The van der Waals surface area contributed by atoms with Gasteiger partial charge in [0.25, 0.3) is 0 Å². The van der Waals surface area contributed by atoms with Crippen LogP contribution in [0.15, 0.2) is 22.8 Å². The summed E-state index contributed by atoms with van der Waals surface area (Å²) in [6, 6.07) is 4.06. The van der Waals surface area contributed by atoms with E-state index in [9.17, 15) is 0 Å². The lowest BCUT2D eigenvalue weighted by Gasteiger charge is -2.35. The summed E-state index contributed by atoms with van der Waals surface area (Å²) in [5.41, 5.74) is 5.85. The van der Waals surface area contributed by atoms with Crippen LogP contribution >= 0.6 is 15.9 Å². The van der Waals surface area contributed by atoms with Gasteiger partial charge in [0, 0.05) is 29.8 Å². The molecule has 0 saturated carbocycles. The van der Waals surface area contributed by atoms with Gasteiger partial charge in [-0.25, -0.2) is 4.98 Å². The topological polar surface area (TPSA) is 51.4 Å². The van der Waals surface area contributed by atoms with Crippen molar-refractivity contribution in [3.8, 4) is 0 Å². The van der Waals surface area contributed by atoms with Crippen LogP contribution in [0.1, 0.15) is 6.92 Å². The quantitative estimate of drug-likeness (QED) is 0.893. The van der Waals surface area contributed by atoms with E-state index in [1.165, 1.54) is 0 Å². The van der Waals surface area contributed by atoms with Gasteiger partial charge in [-0.2, -0.15) is 0 Å². The van der Waals surface area contributed by atoms with Gasteiger partial charge in [0.15, 0.2) is 0 Å². The molecular weight excluding hydrogens is 270 g/mol. The standard InChI is InChI=1S/C11H16BrN3O/c1-8(13)10-7-15(4-5-16-10)11-3-2-9(12)6-14-11/h2-3,6,8,10H,4-5,7,13H2,1H3. The molecule has 0 bridgehead atoms. The molecule has 16 heavy (non-hydrogen) atoms. The zero-order valence-electron chi connectivity index (χ0n) is 9.27. The van der Waals surface area contributed by atoms with Gasteiger partial charge < -0.3 is 15.4 Å². The summed E-state index contributed by atoms with van der Waals surface area (Å²) >= 11 is 3.38. The zero-order valence-corrected chi connectivity index (χ0v) is 10.9. The molecule has 1 aromatic heterocycles. The van der Waals surface area contributed by atoms with Crippen LogP contribution in [0.3, 0.4) is 0 Å². The van der Waals surface area contributed by atoms with Gasteiger partial charge in [0.1, 0.15) is 5.82 Å². The van der Waals surface area contributed by atoms with Crippen molar-refractivity contribution in [1.82, 2.24) is 4.98 Å². The summed E-state index contributed by atoms with van der Waals surface area (Å²) in [4.78, 5) is 6.59. The Morgan fingerprint density at radius 2 is 2.44 bits per heavy atom. The molecule has 1 aliphatic heterocycles. The summed E-state index contributed by atoms with van der Waals surface area (Å²) in [5, 5.41) is 0. The van der Waals surface area contributed by atoms with E-state index >= 15 is 0 Å². The molecule has 5 heteroatoms. The van der Waals surface area contributed by atoms with E-state index in [-0.39, 0.29) is 12.1 Å². The molecule has 1 fully saturated rings. The third kappa shape index (κ3) is 2.72. The fourth-order valence-electron chi connectivity index (χ4n) is 1.76. The second-order valence-corrected chi connectivity index (χ2v) is 4.96. The number of nitrogens with zero attached hydrogens (tertiary/aromatic N) is 2. The number of aromatic nitrogens is 1. The lowest BCUT2D eigenvalue weighted by Crippen LogP contribution is -2.49. The Bertz CT molecular complexity index is 342. The lowest BCUT2D eigenvalue weighted by atomic mass is 10.1. The number of rotatable bonds is 2. The third-order valence-corrected chi connectivity index (χ3v) is 3.18. The zero-order chi connectivity index (χ0) is 11.5. The Kier molecular flexibility index (Phi) is 3.78. The van der Waals surface area contributed by atoms with Crippen molar-refractivity contribution in [3.63, 3.8) is 0 Å². The number of ether oxygens (including phenoxy) is 1. The van der Waals surface area contributed by atoms with Gasteiger partial charge >= 0.3 is 0 Å². The monoisotopic (exact) mass is 285 g/mol. The lowest BCUT2D eigenvalue weighted by molar-refractivity contribution is 0.0273. The molecule has 2 atom stereocenters. The van der Waals surface area contributed by atoms with Crippen LogP contribution in [0.4, 0.5) is 5.82 Å². The van der Waals surface area contributed by atoms with Crippen molar-refractivity contribution in [2.75, 3.05) is 24.6 Å². The number of anilines is 1. The first-order chi connectivity index (χ1) is 7.66. The summed E-state index contributed by atoms with van der Waals surface area (Å²) in [6.45, 7) is 4.37. The fourth-order valence-corrected chi connectivity index (χ4v) is 1.99. The molecule has 0 spiro atoms. The largest absolute Gasteiger partial charge is 0.373 e. The molecule has 0 aromatic carbocycles. The normalized spacial score (nSPS) is 23.2. The van der Waals surface area contributed by atoms with Crippen molar-refractivity contribution in [3.05, 3.63) is 22.8 Å². The van der Waals surface area contributed by atoms with E-state index in [0.29, 0.717) is 6.61 Å². The highest BCUT2D eigenvalue weighted by molar-refractivity contribution is 9.10. The van der Waals surface area contributed by atoms with E-state index in [2.05, 4.69) is 25.8 Å². The molecule has 2 unspecified atom stereocenters. The maximum absolute atomic E-state index is 5.85. The smallest absolute Gasteiger partial charge is 0.128 e. The van der Waals surface area contributed by atoms with Crippen molar-refractivity contribution in [1.29, 1.82) is 0 Å². The maximum Gasteiger partial charge on any atom is 0.128 e. The van der Waals surface area contributed by atoms with Crippen molar-refractivity contribution in [2.24, 2.45) is 5.73 Å². The third-order valence-electron chi connectivity index (χ3n) is 2.72. The predicted molar refractivity (Wildman–Crippen MR) is 67.5 cm³/mol. The van der Waals surface area contributed by atoms with Gasteiger partial charge in [-0.05, 0) is 35.0 Å². The Hall–Kier alpha value is -0.650. The van der Waals surface area contributed by atoms with Crippen LogP contribution in [0, 0.1) is 0 Å². The molecule has 2 rings (SSSR count). The van der Waals surface area contributed by atoms with Gasteiger partial charge in [-0.3, -0.25) is 0 Å². The molecule has 1 aromatic rings. The van der Waals surface area contributed by atoms with Crippen LogP contribution in [-0.2, 0) is 4.74 Å². The summed E-state index contributed by atoms with van der Waals surface area (Å²) in [5.74, 6) is 0.983. The second kappa shape index (κ2) is 5.12. The van der Waals surface area contributed by atoms with E-state index < -0.39 is 0 Å². The molecule has 0 radical (unpaired) electrons. The molecule has 1 saturated heterocycles.